The van der Waals surface area contributed by atoms with Crippen LogP contribution in [0.5, 0.6) is 11.5 Å². The molecule has 0 bridgehead atoms. The van der Waals surface area contributed by atoms with E-state index in [9.17, 15) is 39.6 Å². The van der Waals surface area contributed by atoms with Crippen molar-refractivity contribution in [2.24, 2.45) is 23.5 Å². The van der Waals surface area contributed by atoms with Crippen LogP contribution in [0.15, 0.2) is 18.2 Å². The molecule has 2 unspecified atom stereocenters. The third-order valence-electron chi connectivity index (χ3n) is 7.78. The van der Waals surface area contributed by atoms with Crippen molar-refractivity contribution in [1.82, 2.24) is 4.90 Å². The number of benzene rings is 2. The highest BCUT2D eigenvalue weighted by Crippen LogP contribution is 2.60. The zero-order valence-electron chi connectivity index (χ0n) is 20.0. The highest BCUT2D eigenvalue weighted by atomic mass is 16.5. The fourth-order valence-corrected chi connectivity index (χ4v) is 5.89. The maximum atomic E-state index is 13.6. The normalized spacial score (nSPS) is 31.2. The number of Topliss-reactive ketones (excluding diaryl/α,β-unsaturated/α-hetero) is 2. The number of ether oxygens (including phenoxy) is 1. The van der Waals surface area contributed by atoms with Crippen LogP contribution in [-0.4, -0.2) is 74.5 Å². The molecule has 2 aromatic carbocycles. The Morgan fingerprint density at radius 2 is 1.78 bits per heavy atom. The molecular formula is C25H27N3O9. The molecule has 0 aromatic heterocycles. The Kier molecular flexibility index (Phi) is 5.48. The molecule has 12 nitrogen and oxygen atoms in total. The van der Waals surface area contributed by atoms with Crippen LogP contribution in [0.2, 0.25) is 0 Å². The zero-order valence-corrected chi connectivity index (χ0v) is 20.0. The number of esters is 1. The van der Waals surface area contributed by atoms with Crippen molar-refractivity contribution in [2.45, 2.75) is 36.7 Å². The Morgan fingerprint density at radius 3 is 2.35 bits per heavy atom. The van der Waals surface area contributed by atoms with Gasteiger partial charge in [0, 0.05) is 22.2 Å². The number of ketones is 2. The summed E-state index contributed by atoms with van der Waals surface area (Å²) >= 11 is 0. The highest BCUT2D eigenvalue weighted by molar-refractivity contribution is 6.24. The first-order valence-electron chi connectivity index (χ1n) is 11.7. The van der Waals surface area contributed by atoms with E-state index in [-0.39, 0.29) is 22.0 Å². The summed E-state index contributed by atoms with van der Waals surface area (Å²) in [6.45, 7) is 0. The number of nitrogens with zero attached hydrogens (tertiary/aromatic N) is 1. The van der Waals surface area contributed by atoms with Crippen LogP contribution in [0.25, 0.3) is 10.8 Å². The number of aromatic hydroxyl groups is 2. The summed E-state index contributed by atoms with van der Waals surface area (Å²) in [6.07, 6.45) is -2.69. The average molecular weight is 514 g/mol. The summed E-state index contributed by atoms with van der Waals surface area (Å²) in [7, 11) is 2.91. The lowest BCUT2D eigenvalue weighted by molar-refractivity contribution is -0.209. The number of hydrogen-bond donors (Lipinski definition) is 6. The number of nitrogen functional groups attached to an aromatic ring is 1. The van der Waals surface area contributed by atoms with Crippen LogP contribution in [0.3, 0.4) is 0 Å². The number of fused-ring (bicyclic) bond motifs is 3. The lowest BCUT2D eigenvalue weighted by Crippen LogP contribution is -2.71. The fourth-order valence-electron chi connectivity index (χ4n) is 5.89. The SMILES string of the molecule is CN(C)[C@@H]1C(=O)C(C(N)=O)C(=O)[C@@]2(O)C(O)c3c(c(N)c4cccc(O)c4c3O)[C@H](OC(=O)C3CC3)[C@@H]12. The quantitative estimate of drug-likeness (QED) is 0.131. The Balaban J connectivity index is 1.87. The maximum Gasteiger partial charge on any atom is 0.309 e. The minimum Gasteiger partial charge on any atom is -0.507 e. The average Bonchev–Trinajstić information content (AvgIpc) is 3.66. The number of phenolic OH excluding ortho intramolecular Hbond substituents is 2. The number of rotatable bonds is 4. The predicted octanol–water partition coefficient (Wildman–Crippen LogP) is -0.595. The summed E-state index contributed by atoms with van der Waals surface area (Å²) in [5.74, 6) is -9.55. The van der Waals surface area contributed by atoms with Crippen molar-refractivity contribution < 1.29 is 44.3 Å². The van der Waals surface area contributed by atoms with Crippen molar-refractivity contribution in [2.75, 3.05) is 19.8 Å². The van der Waals surface area contributed by atoms with Gasteiger partial charge in [-0.1, -0.05) is 12.1 Å². The van der Waals surface area contributed by atoms with Gasteiger partial charge in [-0.25, -0.2) is 0 Å². The minimum atomic E-state index is -2.90. The van der Waals surface area contributed by atoms with Gasteiger partial charge < -0.3 is 36.6 Å². The summed E-state index contributed by atoms with van der Waals surface area (Å²) < 4.78 is 5.80. The number of anilines is 1. The number of carbonyl (C=O) groups is 4. The highest BCUT2D eigenvalue weighted by Gasteiger charge is 2.70. The monoisotopic (exact) mass is 513 g/mol. The summed E-state index contributed by atoms with van der Waals surface area (Å²) in [4.78, 5) is 53.4. The fraction of sp³-hybridized carbons (Fsp3) is 0.440. The standard InChI is InChI=1S/C25H27N3O9/c1-28(2)17-15-20(37-24(35)8-6-7-8)12-13(18(30)11-9(16(12)26)4-3-5-10(11)29)21(32)25(15,36)22(33)14(19(17)31)23(27)34/h3-5,8,14-15,17,20-21,29-30,32,36H,6-7,26H2,1-2H3,(H2,27,34)/t14?,15-,17+,20+,21?,25+/m1/s1. The topological polar surface area (TPSA) is 214 Å². The molecule has 0 heterocycles. The van der Waals surface area contributed by atoms with Crippen molar-refractivity contribution in [3.05, 3.63) is 29.3 Å². The van der Waals surface area contributed by atoms with Crippen LogP contribution < -0.4 is 11.5 Å². The van der Waals surface area contributed by atoms with E-state index in [2.05, 4.69) is 0 Å². The van der Waals surface area contributed by atoms with E-state index in [4.69, 9.17) is 16.2 Å². The molecule has 5 rings (SSSR count). The first kappa shape index (κ1) is 24.9. The predicted molar refractivity (Wildman–Crippen MR) is 127 cm³/mol. The molecule has 37 heavy (non-hydrogen) atoms. The van der Waals surface area contributed by atoms with Crippen molar-refractivity contribution in [3.8, 4) is 11.5 Å². The number of nitrogens with two attached hydrogens (primary N) is 2. The number of primary amides is 1. The van der Waals surface area contributed by atoms with E-state index in [1.807, 2.05) is 0 Å². The number of aliphatic hydroxyl groups excluding tert-OH is 1. The molecule has 0 aliphatic heterocycles. The van der Waals surface area contributed by atoms with Crippen LogP contribution in [-0.2, 0) is 23.9 Å². The van der Waals surface area contributed by atoms with Gasteiger partial charge in [-0.3, -0.25) is 24.1 Å². The molecule has 2 fully saturated rings. The maximum absolute atomic E-state index is 13.6. The van der Waals surface area contributed by atoms with Crippen LogP contribution in [0.1, 0.15) is 36.2 Å². The number of hydrogen-bond acceptors (Lipinski definition) is 11. The van der Waals surface area contributed by atoms with Gasteiger partial charge in [-0.15, -0.1) is 0 Å². The van der Waals surface area contributed by atoms with E-state index >= 15 is 0 Å². The van der Waals surface area contributed by atoms with Gasteiger partial charge in [0.2, 0.25) is 5.91 Å². The largest absolute Gasteiger partial charge is 0.507 e. The molecule has 0 saturated heterocycles. The molecule has 196 valence electrons. The van der Waals surface area contributed by atoms with Crippen LogP contribution in [0, 0.1) is 17.8 Å². The zero-order chi connectivity index (χ0) is 27.1. The molecule has 8 N–H and O–H groups in total. The Labute approximate surface area is 210 Å². The first-order chi connectivity index (χ1) is 17.3. The summed E-state index contributed by atoms with van der Waals surface area (Å²) in [6, 6.07) is 2.80. The summed E-state index contributed by atoms with van der Waals surface area (Å²) in [5.41, 5.74) is 8.28. The van der Waals surface area contributed by atoms with E-state index in [0.29, 0.717) is 12.8 Å². The molecule has 3 aliphatic rings. The number of likely N-dealkylation sites (N-methyl/N-ethyl adjacent to an activating group) is 1. The molecule has 12 heteroatoms. The van der Waals surface area contributed by atoms with Gasteiger partial charge in [-0.2, -0.15) is 0 Å². The lowest BCUT2D eigenvalue weighted by Gasteiger charge is -2.54. The number of amides is 1. The second-order valence-electron chi connectivity index (χ2n) is 10.2. The van der Waals surface area contributed by atoms with Gasteiger partial charge in [0.1, 0.15) is 23.7 Å². The summed E-state index contributed by atoms with van der Waals surface area (Å²) in [5, 5.41) is 45.1. The Hall–Kier alpha value is -3.74. The third-order valence-corrected chi connectivity index (χ3v) is 7.78. The number of carbonyl (C=O) groups excluding carboxylic acids is 4. The molecule has 0 spiro atoms. The minimum absolute atomic E-state index is 0.0946. The van der Waals surface area contributed by atoms with Gasteiger partial charge in [0.15, 0.2) is 23.1 Å². The van der Waals surface area contributed by atoms with E-state index < -0.39 is 82.1 Å². The molecule has 2 saturated carbocycles. The van der Waals surface area contributed by atoms with Gasteiger partial charge >= 0.3 is 5.97 Å². The van der Waals surface area contributed by atoms with E-state index in [1.54, 1.807) is 0 Å². The molecule has 1 amide bonds. The van der Waals surface area contributed by atoms with Gasteiger partial charge in [0.25, 0.3) is 0 Å². The molecule has 6 atom stereocenters. The van der Waals surface area contributed by atoms with Crippen molar-refractivity contribution in [3.63, 3.8) is 0 Å². The third kappa shape index (κ3) is 3.26. The smallest absolute Gasteiger partial charge is 0.309 e. The van der Waals surface area contributed by atoms with E-state index in [1.165, 1.54) is 37.2 Å². The molecule has 3 aliphatic carbocycles. The lowest BCUT2D eigenvalue weighted by atomic mass is 9.56. The van der Waals surface area contributed by atoms with Gasteiger partial charge in [0.05, 0.1) is 23.3 Å². The second kappa shape index (κ2) is 8.13. The second-order valence-corrected chi connectivity index (χ2v) is 10.2. The first-order valence-corrected chi connectivity index (χ1v) is 11.7. The van der Waals surface area contributed by atoms with Crippen LogP contribution in [0.4, 0.5) is 5.69 Å². The molecule has 0 radical (unpaired) electrons. The Morgan fingerprint density at radius 1 is 1.14 bits per heavy atom. The number of phenols is 2. The molecular weight excluding hydrogens is 486 g/mol. The van der Waals surface area contributed by atoms with Crippen molar-refractivity contribution in [1.29, 1.82) is 0 Å². The van der Waals surface area contributed by atoms with Crippen molar-refractivity contribution >= 4 is 39.9 Å². The van der Waals surface area contributed by atoms with E-state index in [0.717, 1.165) is 0 Å². The Bertz CT molecular complexity index is 1390. The van der Waals surface area contributed by atoms with Crippen LogP contribution >= 0.6 is 0 Å². The number of aliphatic hydroxyl groups is 2. The van der Waals surface area contributed by atoms with Gasteiger partial charge in [-0.05, 0) is 33.0 Å². The molecule has 2 aromatic rings.